The SMILES string of the molecule is CCc1ccc(C(=O)c2c(Cl)cnn2CC)s1. The summed E-state index contributed by atoms with van der Waals surface area (Å²) < 4.78 is 1.63. The standard InChI is InChI=1S/C12H13ClN2OS/c1-3-8-5-6-10(17-8)12(16)11-9(13)7-14-15(11)4-2/h5-7H,3-4H2,1-2H3. The molecule has 0 saturated heterocycles. The molecule has 0 radical (unpaired) electrons. The molecule has 90 valence electrons. The van der Waals surface area contributed by atoms with E-state index in [1.807, 2.05) is 19.1 Å². The van der Waals surface area contributed by atoms with E-state index < -0.39 is 0 Å². The number of halogens is 1. The van der Waals surface area contributed by atoms with Crippen LogP contribution >= 0.6 is 22.9 Å². The first-order valence-electron chi connectivity index (χ1n) is 5.52. The fourth-order valence-electron chi connectivity index (χ4n) is 1.63. The molecule has 0 aromatic carbocycles. The minimum atomic E-state index is -0.0425. The lowest BCUT2D eigenvalue weighted by molar-refractivity contribution is 0.103. The second-order valence-corrected chi connectivity index (χ2v) is 5.18. The molecule has 0 atom stereocenters. The zero-order chi connectivity index (χ0) is 12.4. The summed E-state index contributed by atoms with van der Waals surface area (Å²) in [5.41, 5.74) is 0.485. The summed E-state index contributed by atoms with van der Waals surface area (Å²) in [5.74, 6) is -0.0425. The van der Waals surface area contributed by atoms with Crippen LogP contribution in [0.25, 0.3) is 0 Å². The highest BCUT2D eigenvalue weighted by atomic mass is 35.5. The molecule has 0 N–H and O–H groups in total. The average Bonchev–Trinajstić information content (AvgIpc) is 2.94. The molecule has 0 amide bonds. The fourth-order valence-corrected chi connectivity index (χ4v) is 2.75. The van der Waals surface area contributed by atoms with E-state index in [2.05, 4.69) is 12.0 Å². The van der Waals surface area contributed by atoms with E-state index in [9.17, 15) is 4.79 Å². The van der Waals surface area contributed by atoms with E-state index in [1.165, 1.54) is 22.4 Å². The molecule has 2 aromatic rings. The number of carbonyl (C=O) groups excluding carboxylic acids is 1. The van der Waals surface area contributed by atoms with Gasteiger partial charge in [-0.2, -0.15) is 5.10 Å². The van der Waals surface area contributed by atoms with Crippen LogP contribution in [0, 0.1) is 0 Å². The second-order valence-electron chi connectivity index (χ2n) is 3.61. The predicted molar refractivity (Wildman–Crippen MR) is 70.0 cm³/mol. The number of aryl methyl sites for hydroxylation is 2. The quantitative estimate of drug-likeness (QED) is 0.797. The first kappa shape index (κ1) is 12.3. The smallest absolute Gasteiger partial charge is 0.222 e. The largest absolute Gasteiger partial charge is 0.286 e. The van der Waals surface area contributed by atoms with Crippen molar-refractivity contribution in [3.63, 3.8) is 0 Å². The Morgan fingerprint density at radius 2 is 2.24 bits per heavy atom. The number of carbonyl (C=O) groups is 1. The van der Waals surface area contributed by atoms with Gasteiger partial charge in [0.2, 0.25) is 5.78 Å². The van der Waals surface area contributed by atoms with Gasteiger partial charge in [-0.1, -0.05) is 18.5 Å². The Balaban J connectivity index is 2.39. The lowest BCUT2D eigenvalue weighted by atomic mass is 10.2. The summed E-state index contributed by atoms with van der Waals surface area (Å²) in [7, 11) is 0. The lowest BCUT2D eigenvalue weighted by Crippen LogP contribution is -2.09. The van der Waals surface area contributed by atoms with Crippen LogP contribution in [0.2, 0.25) is 5.02 Å². The molecule has 0 spiro atoms. The molecule has 0 bridgehead atoms. The first-order valence-corrected chi connectivity index (χ1v) is 6.71. The normalized spacial score (nSPS) is 10.8. The van der Waals surface area contributed by atoms with Crippen molar-refractivity contribution in [1.29, 1.82) is 0 Å². The van der Waals surface area contributed by atoms with E-state index in [4.69, 9.17) is 11.6 Å². The molecular formula is C12H13ClN2OS. The molecular weight excluding hydrogens is 256 g/mol. The molecule has 0 unspecified atom stereocenters. The number of nitrogens with zero attached hydrogens (tertiary/aromatic N) is 2. The van der Waals surface area contributed by atoms with Crippen LogP contribution in [0.5, 0.6) is 0 Å². The van der Waals surface area contributed by atoms with Gasteiger partial charge in [0.05, 0.1) is 16.1 Å². The summed E-state index contributed by atoms with van der Waals surface area (Å²) in [4.78, 5) is 14.2. The summed E-state index contributed by atoms with van der Waals surface area (Å²) in [6.07, 6.45) is 2.46. The Kier molecular flexibility index (Phi) is 3.64. The van der Waals surface area contributed by atoms with Crippen LogP contribution in [-0.4, -0.2) is 15.6 Å². The van der Waals surface area contributed by atoms with Crippen LogP contribution < -0.4 is 0 Å². The Labute approximate surface area is 109 Å². The Morgan fingerprint density at radius 3 is 2.82 bits per heavy atom. The Bertz CT molecular complexity index is 544. The second kappa shape index (κ2) is 5.02. The van der Waals surface area contributed by atoms with Crippen LogP contribution in [0.4, 0.5) is 0 Å². The zero-order valence-corrected chi connectivity index (χ0v) is 11.3. The first-order chi connectivity index (χ1) is 8.17. The van der Waals surface area contributed by atoms with Crippen molar-refractivity contribution in [3.8, 4) is 0 Å². The van der Waals surface area contributed by atoms with Gasteiger partial charge in [-0.05, 0) is 25.5 Å². The van der Waals surface area contributed by atoms with Gasteiger partial charge in [-0.15, -0.1) is 11.3 Å². The Morgan fingerprint density at radius 1 is 1.47 bits per heavy atom. The maximum atomic E-state index is 12.3. The molecule has 17 heavy (non-hydrogen) atoms. The van der Waals surface area contributed by atoms with E-state index in [-0.39, 0.29) is 5.78 Å². The van der Waals surface area contributed by atoms with Gasteiger partial charge in [0, 0.05) is 11.4 Å². The van der Waals surface area contributed by atoms with E-state index in [1.54, 1.807) is 4.68 Å². The summed E-state index contributed by atoms with van der Waals surface area (Å²) >= 11 is 7.53. The van der Waals surface area contributed by atoms with Crippen LogP contribution in [0.1, 0.15) is 34.1 Å². The predicted octanol–water partition coefficient (Wildman–Crippen LogP) is 3.41. The molecule has 2 aromatic heterocycles. The van der Waals surface area contributed by atoms with Crippen molar-refractivity contribution in [2.45, 2.75) is 26.8 Å². The summed E-state index contributed by atoms with van der Waals surface area (Å²) in [6.45, 7) is 4.65. The highest BCUT2D eigenvalue weighted by Crippen LogP contribution is 2.24. The number of hydrogen-bond acceptors (Lipinski definition) is 3. The highest BCUT2D eigenvalue weighted by Gasteiger charge is 2.19. The Hall–Kier alpha value is -1.13. The monoisotopic (exact) mass is 268 g/mol. The van der Waals surface area contributed by atoms with Crippen LogP contribution in [-0.2, 0) is 13.0 Å². The van der Waals surface area contributed by atoms with Gasteiger partial charge >= 0.3 is 0 Å². The van der Waals surface area contributed by atoms with Crippen molar-refractivity contribution in [2.75, 3.05) is 0 Å². The summed E-state index contributed by atoms with van der Waals surface area (Å²) in [5, 5.41) is 4.50. The maximum absolute atomic E-state index is 12.3. The van der Waals surface area contributed by atoms with Crippen molar-refractivity contribution in [2.24, 2.45) is 0 Å². The molecule has 2 rings (SSSR count). The summed E-state index contributed by atoms with van der Waals surface area (Å²) in [6, 6.07) is 3.84. The van der Waals surface area contributed by atoms with Gasteiger partial charge in [-0.25, -0.2) is 0 Å². The third-order valence-corrected chi connectivity index (χ3v) is 4.05. The van der Waals surface area contributed by atoms with Crippen molar-refractivity contribution >= 4 is 28.7 Å². The number of rotatable bonds is 4. The lowest BCUT2D eigenvalue weighted by Gasteiger charge is -2.02. The van der Waals surface area contributed by atoms with Crippen molar-refractivity contribution in [1.82, 2.24) is 9.78 Å². The third-order valence-electron chi connectivity index (χ3n) is 2.54. The topological polar surface area (TPSA) is 34.9 Å². The fraction of sp³-hybridized carbons (Fsp3) is 0.333. The molecule has 5 heteroatoms. The van der Waals surface area contributed by atoms with Crippen LogP contribution in [0.15, 0.2) is 18.3 Å². The molecule has 0 fully saturated rings. The average molecular weight is 269 g/mol. The number of thiophene rings is 1. The van der Waals surface area contributed by atoms with E-state index in [0.29, 0.717) is 17.3 Å². The zero-order valence-electron chi connectivity index (χ0n) is 9.74. The number of ketones is 1. The van der Waals surface area contributed by atoms with Crippen LogP contribution in [0.3, 0.4) is 0 Å². The number of aromatic nitrogens is 2. The molecule has 3 nitrogen and oxygen atoms in total. The minimum Gasteiger partial charge on any atom is -0.286 e. The van der Waals surface area contributed by atoms with E-state index in [0.717, 1.165) is 11.3 Å². The molecule has 2 heterocycles. The van der Waals surface area contributed by atoms with Gasteiger partial charge in [-0.3, -0.25) is 9.48 Å². The molecule has 0 aliphatic rings. The van der Waals surface area contributed by atoms with Gasteiger partial charge in [0.15, 0.2) is 0 Å². The van der Waals surface area contributed by atoms with Gasteiger partial charge in [0.1, 0.15) is 5.69 Å². The maximum Gasteiger partial charge on any atom is 0.222 e. The van der Waals surface area contributed by atoms with Gasteiger partial charge < -0.3 is 0 Å². The van der Waals surface area contributed by atoms with Gasteiger partial charge in [0.25, 0.3) is 0 Å². The molecule has 0 aliphatic carbocycles. The van der Waals surface area contributed by atoms with Crippen molar-refractivity contribution in [3.05, 3.63) is 38.8 Å². The van der Waals surface area contributed by atoms with Crippen molar-refractivity contribution < 1.29 is 4.79 Å². The highest BCUT2D eigenvalue weighted by molar-refractivity contribution is 7.14. The minimum absolute atomic E-state index is 0.0425. The third kappa shape index (κ3) is 2.28. The number of hydrogen-bond donors (Lipinski definition) is 0. The van der Waals surface area contributed by atoms with E-state index >= 15 is 0 Å². The molecule has 0 saturated carbocycles. The molecule has 0 aliphatic heterocycles.